The van der Waals surface area contributed by atoms with E-state index in [0.717, 1.165) is 19.4 Å². The summed E-state index contributed by atoms with van der Waals surface area (Å²) in [5.74, 6) is 0.662. The molecule has 0 heterocycles. The lowest BCUT2D eigenvalue weighted by Crippen LogP contribution is -2.41. The molecule has 0 aromatic rings. The molecular formula is C10H21NO. The molecule has 2 heteroatoms. The second-order valence-corrected chi connectivity index (χ2v) is 4.65. The average molecular weight is 171 g/mol. The first kappa shape index (κ1) is 11.5. The minimum atomic E-state index is -0.0311. The van der Waals surface area contributed by atoms with E-state index < -0.39 is 0 Å². The quantitative estimate of drug-likeness (QED) is 0.594. The molecule has 0 aromatic carbocycles. The van der Waals surface area contributed by atoms with Gasteiger partial charge in [-0.25, -0.2) is 0 Å². The van der Waals surface area contributed by atoms with Crippen LogP contribution >= 0.6 is 0 Å². The van der Waals surface area contributed by atoms with Crippen molar-refractivity contribution in [1.82, 2.24) is 4.90 Å². The molecule has 0 rings (SSSR count). The van der Waals surface area contributed by atoms with Crippen molar-refractivity contribution >= 4 is 6.41 Å². The number of hydrogen-bond acceptors (Lipinski definition) is 1. The van der Waals surface area contributed by atoms with Gasteiger partial charge in [0.25, 0.3) is 0 Å². The molecule has 2 nitrogen and oxygen atoms in total. The van der Waals surface area contributed by atoms with Crippen molar-refractivity contribution in [1.29, 1.82) is 0 Å². The molecular weight excluding hydrogens is 150 g/mol. The lowest BCUT2D eigenvalue weighted by molar-refractivity contribution is -0.122. The number of hydrogen-bond donors (Lipinski definition) is 0. The van der Waals surface area contributed by atoms with Gasteiger partial charge in [0.05, 0.1) is 0 Å². The maximum absolute atomic E-state index is 10.7. The van der Waals surface area contributed by atoms with Crippen molar-refractivity contribution in [3.63, 3.8) is 0 Å². The highest BCUT2D eigenvalue weighted by Crippen LogP contribution is 2.12. The first-order valence-corrected chi connectivity index (χ1v) is 4.60. The highest BCUT2D eigenvalue weighted by Gasteiger charge is 2.18. The summed E-state index contributed by atoms with van der Waals surface area (Å²) in [7, 11) is 0. The summed E-state index contributed by atoms with van der Waals surface area (Å²) in [4.78, 5) is 12.5. The minimum absolute atomic E-state index is 0.0311. The van der Waals surface area contributed by atoms with Crippen LogP contribution in [0.15, 0.2) is 0 Å². The third-order valence-corrected chi connectivity index (χ3v) is 1.94. The Labute approximate surface area is 75.9 Å². The second kappa shape index (κ2) is 4.48. The van der Waals surface area contributed by atoms with E-state index in [1.807, 2.05) is 4.90 Å². The molecule has 0 aliphatic rings. The Kier molecular flexibility index (Phi) is 4.29. The zero-order valence-electron chi connectivity index (χ0n) is 8.92. The van der Waals surface area contributed by atoms with Gasteiger partial charge in [0, 0.05) is 12.1 Å². The number of amides is 1. The molecule has 1 amide bonds. The van der Waals surface area contributed by atoms with E-state index in [0.29, 0.717) is 5.92 Å². The molecule has 72 valence electrons. The zero-order chi connectivity index (χ0) is 9.78. The third kappa shape index (κ3) is 4.37. The fraction of sp³-hybridized carbons (Fsp3) is 0.900. The topological polar surface area (TPSA) is 20.3 Å². The molecule has 0 aliphatic heterocycles. The fourth-order valence-corrected chi connectivity index (χ4v) is 0.944. The SMILES string of the molecule is CC(C)CCN(C=O)C(C)(C)C. The van der Waals surface area contributed by atoms with Gasteiger partial charge in [-0.15, -0.1) is 0 Å². The smallest absolute Gasteiger partial charge is 0.210 e. The summed E-state index contributed by atoms with van der Waals surface area (Å²) in [5, 5.41) is 0. The highest BCUT2D eigenvalue weighted by molar-refractivity contribution is 5.48. The van der Waals surface area contributed by atoms with Crippen LogP contribution in [0.25, 0.3) is 0 Å². The molecule has 0 N–H and O–H groups in total. The molecule has 0 aromatic heterocycles. The van der Waals surface area contributed by atoms with Gasteiger partial charge in [-0.3, -0.25) is 4.79 Å². The van der Waals surface area contributed by atoms with Crippen molar-refractivity contribution in [3.8, 4) is 0 Å². The molecule has 0 fully saturated rings. The van der Waals surface area contributed by atoms with Crippen molar-refractivity contribution in [3.05, 3.63) is 0 Å². The summed E-state index contributed by atoms with van der Waals surface area (Å²) in [5.41, 5.74) is -0.0311. The van der Waals surface area contributed by atoms with Crippen LogP contribution in [0.2, 0.25) is 0 Å². The van der Waals surface area contributed by atoms with E-state index in [9.17, 15) is 4.79 Å². The number of carbonyl (C=O) groups excluding carboxylic acids is 1. The van der Waals surface area contributed by atoms with Gasteiger partial charge in [-0.1, -0.05) is 13.8 Å². The summed E-state index contributed by atoms with van der Waals surface area (Å²) >= 11 is 0. The molecule has 0 radical (unpaired) electrons. The normalized spacial score (nSPS) is 11.8. The molecule has 0 spiro atoms. The van der Waals surface area contributed by atoms with Crippen LogP contribution in [0, 0.1) is 5.92 Å². The van der Waals surface area contributed by atoms with Crippen molar-refractivity contribution in [2.45, 2.75) is 46.6 Å². The monoisotopic (exact) mass is 171 g/mol. The van der Waals surface area contributed by atoms with Crippen molar-refractivity contribution in [2.24, 2.45) is 5.92 Å². The Morgan fingerprint density at radius 1 is 1.33 bits per heavy atom. The van der Waals surface area contributed by atoms with Crippen LogP contribution in [0.5, 0.6) is 0 Å². The van der Waals surface area contributed by atoms with E-state index in [2.05, 4.69) is 34.6 Å². The van der Waals surface area contributed by atoms with Gasteiger partial charge in [-0.2, -0.15) is 0 Å². The highest BCUT2D eigenvalue weighted by atomic mass is 16.1. The van der Waals surface area contributed by atoms with Gasteiger partial charge < -0.3 is 4.90 Å². The van der Waals surface area contributed by atoms with Crippen LogP contribution in [0.1, 0.15) is 41.0 Å². The first-order chi connectivity index (χ1) is 5.38. The van der Waals surface area contributed by atoms with Gasteiger partial charge in [-0.05, 0) is 33.1 Å². The Balaban J connectivity index is 3.93. The zero-order valence-corrected chi connectivity index (χ0v) is 8.92. The number of carbonyl (C=O) groups is 1. The number of nitrogens with zero attached hydrogens (tertiary/aromatic N) is 1. The molecule has 0 atom stereocenters. The molecule has 12 heavy (non-hydrogen) atoms. The maximum atomic E-state index is 10.7. The van der Waals surface area contributed by atoms with Crippen LogP contribution in [0.3, 0.4) is 0 Å². The standard InChI is InChI=1S/C10H21NO/c1-9(2)6-7-11(8-12)10(3,4)5/h8-9H,6-7H2,1-5H3. The van der Waals surface area contributed by atoms with E-state index in [4.69, 9.17) is 0 Å². The van der Waals surface area contributed by atoms with Crippen LogP contribution in [-0.4, -0.2) is 23.4 Å². The van der Waals surface area contributed by atoms with E-state index in [-0.39, 0.29) is 5.54 Å². The predicted octanol–water partition coefficient (Wildman–Crippen LogP) is 2.29. The van der Waals surface area contributed by atoms with Gasteiger partial charge in [0.15, 0.2) is 0 Å². The second-order valence-electron chi connectivity index (χ2n) is 4.65. The van der Waals surface area contributed by atoms with Gasteiger partial charge in [0.1, 0.15) is 0 Å². The minimum Gasteiger partial charge on any atom is -0.340 e. The summed E-state index contributed by atoms with van der Waals surface area (Å²) in [6, 6.07) is 0. The fourth-order valence-electron chi connectivity index (χ4n) is 0.944. The Hall–Kier alpha value is -0.530. The van der Waals surface area contributed by atoms with Gasteiger partial charge in [0.2, 0.25) is 6.41 Å². The number of rotatable bonds is 4. The predicted molar refractivity (Wildman–Crippen MR) is 52.0 cm³/mol. The maximum Gasteiger partial charge on any atom is 0.210 e. The Morgan fingerprint density at radius 3 is 2.08 bits per heavy atom. The van der Waals surface area contributed by atoms with Crippen LogP contribution < -0.4 is 0 Å². The van der Waals surface area contributed by atoms with Gasteiger partial charge >= 0.3 is 0 Å². The Morgan fingerprint density at radius 2 is 1.83 bits per heavy atom. The molecule has 0 bridgehead atoms. The summed E-state index contributed by atoms with van der Waals surface area (Å²) in [6.45, 7) is 11.4. The molecule has 0 unspecified atom stereocenters. The molecule has 0 saturated heterocycles. The van der Waals surface area contributed by atoms with E-state index in [1.54, 1.807) is 0 Å². The average Bonchev–Trinajstić information content (AvgIpc) is 1.85. The first-order valence-electron chi connectivity index (χ1n) is 4.60. The summed E-state index contributed by atoms with van der Waals surface area (Å²) < 4.78 is 0. The van der Waals surface area contributed by atoms with Crippen molar-refractivity contribution in [2.75, 3.05) is 6.54 Å². The lowest BCUT2D eigenvalue weighted by Gasteiger charge is -2.32. The van der Waals surface area contributed by atoms with E-state index in [1.165, 1.54) is 0 Å². The molecule has 0 saturated carbocycles. The lowest BCUT2D eigenvalue weighted by atomic mass is 10.0. The van der Waals surface area contributed by atoms with Crippen LogP contribution in [0.4, 0.5) is 0 Å². The van der Waals surface area contributed by atoms with Crippen LogP contribution in [-0.2, 0) is 4.79 Å². The Bertz CT molecular complexity index is 135. The third-order valence-electron chi connectivity index (χ3n) is 1.94. The summed E-state index contributed by atoms with van der Waals surface area (Å²) in [6.07, 6.45) is 2.03. The largest absolute Gasteiger partial charge is 0.340 e. The van der Waals surface area contributed by atoms with Crippen molar-refractivity contribution < 1.29 is 4.79 Å². The van der Waals surface area contributed by atoms with E-state index >= 15 is 0 Å². The molecule has 0 aliphatic carbocycles.